The number of rotatable bonds is 6. The van der Waals surface area contributed by atoms with Gasteiger partial charge in [0.25, 0.3) is 0 Å². The zero-order valence-corrected chi connectivity index (χ0v) is 11.9. The van der Waals surface area contributed by atoms with Crippen LogP contribution in [0, 0.1) is 0 Å². The smallest absolute Gasteiger partial charge is 0.306 e. The van der Waals surface area contributed by atoms with Crippen molar-refractivity contribution < 1.29 is 14.3 Å². The Morgan fingerprint density at radius 1 is 1.33 bits per heavy atom. The largest absolute Gasteiger partial charge is 0.466 e. The van der Waals surface area contributed by atoms with Crippen LogP contribution in [0.1, 0.15) is 30.1 Å². The summed E-state index contributed by atoms with van der Waals surface area (Å²) >= 11 is 7.59. The first-order valence-corrected chi connectivity index (χ1v) is 7.21. The van der Waals surface area contributed by atoms with Crippen molar-refractivity contribution in [1.29, 1.82) is 0 Å². The van der Waals surface area contributed by atoms with Gasteiger partial charge in [-0.1, -0.05) is 11.6 Å². The molecule has 1 rings (SSSR count). The van der Waals surface area contributed by atoms with Gasteiger partial charge < -0.3 is 4.74 Å². The molecule has 0 N–H and O–H groups in total. The topological polar surface area (TPSA) is 43.4 Å². The van der Waals surface area contributed by atoms with Gasteiger partial charge in [-0.15, -0.1) is 11.8 Å². The lowest BCUT2D eigenvalue weighted by Gasteiger charge is -2.05. The van der Waals surface area contributed by atoms with Crippen LogP contribution in [-0.2, 0) is 9.53 Å². The van der Waals surface area contributed by atoms with Crippen molar-refractivity contribution in [3.63, 3.8) is 0 Å². The molecule has 0 saturated heterocycles. The molecule has 0 aliphatic heterocycles. The Bertz CT molecular complexity index is 446. The van der Waals surface area contributed by atoms with E-state index in [0.29, 0.717) is 17.2 Å². The average Bonchev–Trinajstić information content (AvgIpc) is 2.36. The molecule has 1 aromatic carbocycles. The van der Waals surface area contributed by atoms with E-state index in [4.69, 9.17) is 16.3 Å². The summed E-state index contributed by atoms with van der Waals surface area (Å²) in [5, 5.41) is 0.427. The molecule has 0 radical (unpaired) electrons. The molecule has 0 amide bonds. The van der Waals surface area contributed by atoms with Crippen molar-refractivity contribution in [1.82, 2.24) is 0 Å². The van der Waals surface area contributed by atoms with Gasteiger partial charge in [0.1, 0.15) is 0 Å². The van der Waals surface area contributed by atoms with Crippen LogP contribution in [0.5, 0.6) is 0 Å². The SMILES string of the molecule is CCOC(=O)CCC(=O)c1ccc(SC)cc1Cl. The Morgan fingerprint density at radius 2 is 2.06 bits per heavy atom. The zero-order chi connectivity index (χ0) is 13.5. The van der Waals surface area contributed by atoms with Crippen LogP contribution in [-0.4, -0.2) is 24.6 Å². The Morgan fingerprint density at radius 3 is 2.61 bits per heavy atom. The minimum absolute atomic E-state index is 0.0906. The summed E-state index contributed by atoms with van der Waals surface area (Å²) in [5.41, 5.74) is 0.457. The highest BCUT2D eigenvalue weighted by Crippen LogP contribution is 2.24. The highest BCUT2D eigenvalue weighted by molar-refractivity contribution is 7.98. The van der Waals surface area contributed by atoms with E-state index < -0.39 is 0 Å². The quantitative estimate of drug-likeness (QED) is 0.455. The van der Waals surface area contributed by atoms with Crippen molar-refractivity contribution >= 4 is 35.1 Å². The van der Waals surface area contributed by atoms with Gasteiger partial charge in [-0.25, -0.2) is 0 Å². The van der Waals surface area contributed by atoms with E-state index in [1.807, 2.05) is 12.3 Å². The first-order chi connectivity index (χ1) is 8.58. The van der Waals surface area contributed by atoms with Crippen LogP contribution in [0.2, 0.25) is 5.02 Å². The molecule has 1 aromatic rings. The number of Topliss-reactive ketones (excluding diaryl/α,β-unsaturated/α-hetero) is 1. The summed E-state index contributed by atoms with van der Waals surface area (Å²) in [6.07, 6.45) is 2.15. The highest BCUT2D eigenvalue weighted by Gasteiger charge is 2.13. The maximum absolute atomic E-state index is 11.9. The van der Waals surface area contributed by atoms with Crippen LogP contribution in [0.25, 0.3) is 0 Å². The Balaban J connectivity index is 2.64. The lowest BCUT2D eigenvalue weighted by atomic mass is 10.1. The van der Waals surface area contributed by atoms with Gasteiger partial charge >= 0.3 is 5.97 Å². The van der Waals surface area contributed by atoms with E-state index in [1.54, 1.807) is 30.8 Å². The Kier molecular flexibility index (Phi) is 6.22. The number of carbonyl (C=O) groups is 2. The molecular formula is C13H15ClO3S. The summed E-state index contributed by atoms with van der Waals surface area (Å²) in [6, 6.07) is 5.29. The highest BCUT2D eigenvalue weighted by atomic mass is 35.5. The van der Waals surface area contributed by atoms with Gasteiger partial charge in [0.2, 0.25) is 0 Å². The molecule has 0 bridgehead atoms. The fraction of sp³-hybridized carbons (Fsp3) is 0.385. The van der Waals surface area contributed by atoms with E-state index in [2.05, 4.69) is 0 Å². The predicted octanol–water partition coefficient (Wildman–Crippen LogP) is 3.59. The summed E-state index contributed by atoms with van der Waals surface area (Å²) in [6.45, 7) is 2.06. The summed E-state index contributed by atoms with van der Waals surface area (Å²) in [5.74, 6) is -0.497. The van der Waals surface area contributed by atoms with Crippen LogP contribution >= 0.6 is 23.4 Å². The molecule has 98 valence electrons. The average molecular weight is 287 g/mol. The van der Waals surface area contributed by atoms with Gasteiger partial charge in [0.05, 0.1) is 18.1 Å². The minimum Gasteiger partial charge on any atom is -0.466 e. The van der Waals surface area contributed by atoms with Gasteiger partial charge in [-0.3, -0.25) is 9.59 Å². The van der Waals surface area contributed by atoms with E-state index in [-0.39, 0.29) is 24.6 Å². The van der Waals surface area contributed by atoms with Gasteiger partial charge in [0.15, 0.2) is 5.78 Å². The van der Waals surface area contributed by atoms with Gasteiger partial charge in [-0.05, 0) is 31.4 Å². The molecule has 0 atom stereocenters. The number of ketones is 1. The first-order valence-electron chi connectivity index (χ1n) is 5.60. The number of thioether (sulfide) groups is 1. The van der Waals surface area contributed by atoms with Gasteiger partial charge in [0, 0.05) is 16.9 Å². The molecule has 0 fully saturated rings. The van der Waals surface area contributed by atoms with Crippen molar-refractivity contribution in [2.75, 3.05) is 12.9 Å². The lowest BCUT2D eigenvalue weighted by Crippen LogP contribution is -2.08. The van der Waals surface area contributed by atoms with Crippen LogP contribution in [0.4, 0.5) is 0 Å². The molecule has 0 unspecified atom stereocenters. The molecule has 5 heteroatoms. The standard InChI is InChI=1S/C13H15ClO3S/c1-3-17-13(16)7-6-12(15)10-5-4-9(18-2)8-11(10)14/h4-5,8H,3,6-7H2,1-2H3. The number of esters is 1. The van der Waals surface area contributed by atoms with Crippen molar-refractivity contribution in [3.05, 3.63) is 28.8 Å². The first kappa shape index (κ1) is 15.1. The zero-order valence-electron chi connectivity index (χ0n) is 10.4. The second-order valence-electron chi connectivity index (χ2n) is 3.57. The number of hydrogen-bond acceptors (Lipinski definition) is 4. The lowest BCUT2D eigenvalue weighted by molar-refractivity contribution is -0.143. The molecule has 0 heterocycles. The normalized spacial score (nSPS) is 10.2. The molecule has 0 saturated carbocycles. The number of halogens is 1. The third kappa shape index (κ3) is 4.35. The summed E-state index contributed by atoms with van der Waals surface area (Å²) in [4.78, 5) is 24.0. The fourth-order valence-electron chi connectivity index (χ4n) is 1.43. The Labute approximate surface area is 116 Å². The van der Waals surface area contributed by atoms with E-state index in [0.717, 1.165) is 4.90 Å². The third-order valence-electron chi connectivity index (χ3n) is 2.34. The number of carbonyl (C=O) groups excluding carboxylic acids is 2. The maximum Gasteiger partial charge on any atom is 0.306 e. The van der Waals surface area contributed by atoms with Crippen LogP contribution in [0.3, 0.4) is 0 Å². The van der Waals surface area contributed by atoms with E-state index in [9.17, 15) is 9.59 Å². The van der Waals surface area contributed by atoms with Crippen molar-refractivity contribution in [2.24, 2.45) is 0 Å². The van der Waals surface area contributed by atoms with E-state index >= 15 is 0 Å². The van der Waals surface area contributed by atoms with Crippen molar-refractivity contribution in [3.8, 4) is 0 Å². The van der Waals surface area contributed by atoms with E-state index in [1.165, 1.54) is 0 Å². The third-order valence-corrected chi connectivity index (χ3v) is 3.38. The molecular weight excluding hydrogens is 272 g/mol. The number of benzene rings is 1. The minimum atomic E-state index is -0.359. The van der Waals surface area contributed by atoms with Crippen LogP contribution in [0.15, 0.2) is 23.1 Å². The summed E-state index contributed by atoms with van der Waals surface area (Å²) < 4.78 is 4.77. The Hall–Kier alpha value is -1.000. The predicted molar refractivity (Wildman–Crippen MR) is 73.4 cm³/mol. The maximum atomic E-state index is 11.9. The number of ether oxygens (including phenoxy) is 1. The molecule has 0 spiro atoms. The molecule has 18 heavy (non-hydrogen) atoms. The second kappa shape index (κ2) is 7.44. The summed E-state index contributed by atoms with van der Waals surface area (Å²) in [7, 11) is 0. The van der Waals surface area contributed by atoms with Crippen molar-refractivity contribution in [2.45, 2.75) is 24.7 Å². The molecule has 3 nitrogen and oxygen atoms in total. The van der Waals surface area contributed by atoms with Gasteiger partial charge in [-0.2, -0.15) is 0 Å². The van der Waals surface area contributed by atoms with Crippen LogP contribution < -0.4 is 0 Å². The second-order valence-corrected chi connectivity index (χ2v) is 4.86. The fourth-order valence-corrected chi connectivity index (χ4v) is 2.22. The monoisotopic (exact) mass is 286 g/mol. The molecule has 0 aliphatic rings. The molecule has 0 aliphatic carbocycles. The molecule has 0 aromatic heterocycles. The number of hydrogen-bond donors (Lipinski definition) is 0.